The fourth-order valence-electron chi connectivity index (χ4n) is 3.28. The lowest BCUT2D eigenvalue weighted by atomic mass is 9.96. The standard InChI is InChI=1S/C19H21FN4O5/c20-12-3-1-2-10-6-14(24-17(10)12)19(29)22-8-16(27)23-13(15(26)9-25)7-11-4-5-21-18(11)28/h1-3,6,11,13,24-25H,4-5,7-9H2,(H,21,28)(H,22,29)(H,23,27)/t11-,13?/m0/s1. The number of Topliss-reactive ketones (excluding diaryl/α,β-unsaturated/α-hetero) is 1. The molecule has 1 fully saturated rings. The average Bonchev–Trinajstić information content (AvgIpc) is 3.32. The number of carbonyl (C=O) groups excluding carboxylic acids is 4. The molecule has 0 saturated carbocycles. The summed E-state index contributed by atoms with van der Waals surface area (Å²) in [4.78, 5) is 50.6. The molecule has 2 atom stereocenters. The van der Waals surface area contributed by atoms with Crippen molar-refractivity contribution in [1.82, 2.24) is 20.9 Å². The van der Waals surface area contributed by atoms with Crippen LogP contribution in [0.25, 0.3) is 10.9 Å². The van der Waals surface area contributed by atoms with E-state index in [4.69, 9.17) is 5.11 Å². The van der Waals surface area contributed by atoms with Gasteiger partial charge in [-0.15, -0.1) is 0 Å². The highest BCUT2D eigenvalue weighted by atomic mass is 19.1. The third-order valence-corrected chi connectivity index (χ3v) is 4.82. The molecule has 1 aliphatic heterocycles. The lowest BCUT2D eigenvalue weighted by Gasteiger charge is -2.19. The Morgan fingerprint density at radius 2 is 2.10 bits per heavy atom. The van der Waals surface area contributed by atoms with Gasteiger partial charge in [0, 0.05) is 17.8 Å². The summed E-state index contributed by atoms with van der Waals surface area (Å²) < 4.78 is 13.7. The van der Waals surface area contributed by atoms with Gasteiger partial charge in [0.1, 0.15) is 18.1 Å². The molecule has 3 rings (SSSR count). The number of aliphatic hydroxyl groups is 1. The fraction of sp³-hybridized carbons (Fsp3) is 0.368. The first-order valence-electron chi connectivity index (χ1n) is 9.15. The van der Waals surface area contributed by atoms with Crippen LogP contribution < -0.4 is 16.0 Å². The molecule has 9 nitrogen and oxygen atoms in total. The Kier molecular flexibility index (Phi) is 6.23. The number of para-hydroxylation sites is 1. The van der Waals surface area contributed by atoms with E-state index >= 15 is 0 Å². The summed E-state index contributed by atoms with van der Waals surface area (Å²) in [5.74, 6) is -3.00. The third kappa shape index (κ3) is 4.77. The lowest BCUT2D eigenvalue weighted by molar-refractivity contribution is -0.130. The molecule has 29 heavy (non-hydrogen) atoms. The molecule has 154 valence electrons. The molecule has 1 aromatic heterocycles. The summed E-state index contributed by atoms with van der Waals surface area (Å²) in [7, 11) is 0. The van der Waals surface area contributed by atoms with Crippen LogP contribution in [-0.4, -0.2) is 59.3 Å². The topological polar surface area (TPSA) is 140 Å². The molecule has 0 spiro atoms. The minimum absolute atomic E-state index is 0.0756. The second kappa shape index (κ2) is 8.82. The first kappa shape index (κ1) is 20.5. The van der Waals surface area contributed by atoms with E-state index in [1.54, 1.807) is 6.07 Å². The van der Waals surface area contributed by atoms with Crippen LogP contribution in [0.4, 0.5) is 4.39 Å². The molecule has 2 aromatic rings. The summed E-state index contributed by atoms with van der Waals surface area (Å²) in [6.07, 6.45) is 0.615. The van der Waals surface area contributed by atoms with Gasteiger partial charge < -0.3 is 26.0 Å². The summed E-state index contributed by atoms with van der Waals surface area (Å²) in [5, 5.41) is 17.1. The van der Waals surface area contributed by atoms with Gasteiger partial charge in [-0.3, -0.25) is 19.2 Å². The van der Waals surface area contributed by atoms with Crippen LogP contribution in [0.15, 0.2) is 24.3 Å². The van der Waals surface area contributed by atoms with Crippen LogP contribution in [0.1, 0.15) is 23.3 Å². The van der Waals surface area contributed by atoms with Crippen molar-refractivity contribution in [3.63, 3.8) is 0 Å². The van der Waals surface area contributed by atoms with Crippen LogP contribution in [0.2, 0.25) is 0 Å². The maximum Gasteiger partial charge on any atom is 0.268 e. The number of halogens is 1. The maximum absolute atomic E-state index is 13.7. The number of benzene rings is 1. The summed E-state index contributed by atoms with van der Waals surface area (Å²) in [5.41, 5.74) is 0.272. The highest BCUT2D eigenvalue weighted by Gasteiger charge is 2.31. The molecule has 10 heteroatoms. The molecule has 0 bridgehead atoms. The van der Waals surface area contributed by atoms with E-state index in [0.29, 0.717) is 18.4 Å². The monoisotopic (exact) mass is 404 g/mol. The van der Waals surface area contributed by atoms with E-state index in [-0.39, 0.29) is 23.5 Å². The largest absolute Gasteiger partial charge is 0.389 e. The molecular weight excluding hydrogens is 383 g/mol. The molecule has 1 unspecified atom stereocenters. The zero-order valence-corrected chi connectivity index (χ0v) is 15.5. The summed E-state index contributed by atoms with van der Waals surface area (Å²) in [6.45, 7) is -0.701. The Morgan fingerprint density at radius 3 is 2.76 bits per heavy atom. The molecule has 3 amide bonds. The number of rotatable bonds is 8. The van der Waals surface area contributed by atoms with E-state index in [1.807, 2.05) is 0 Å². The van der Waals surface area contributed by atoms with E-state index < -0.39 is 48.5 Å². The van der Waals surface area contributed by atoms with Gasteiger partial charge in [0.05, 0.1) is 18.1 Å². The minimum atomic E-state index is -1.03. The van der Waals surface area contributed by atoms with E-state index in [9.17, 15) is 23.6 Å². The normalized spacial score (nSPS) is 17.0. The number of H-pyrrole nitrogens is 1. The number of nitrogens with one attached hydrogen (secondary N) is 4. The van der Waals surface area contributed by atoms with Crippen molar-refractivity contribution in [3.05, 3.63) is 35.8 Å². The number of aromatic amines is 1. The number of hydrogen-bond acceptors (Lipinski definition) is 5. The van der Waals surface area contributed by atoms with E-state index in [1.165, 1.54) is 18.2 Å². The molecule has 2 heterocycles. The highest BCUT2D eigenvalue weighted by Crippen LogP contribution is 2.18. The van der Waals surface area contributed by atoms with Crippen LogP contribution in [0.5, 0.6) is 0 Å². The van der Waals surface area contributed by atoms with Crippen molar-refractivity contribution in [2.45, 2.75) is 18.9 Å². The minimum Gasteiger partial charge on any atom is -0.389 e. The van der Waals surface area contributed by atoms with Gasteiger partial charge in [0.2, 0.25) is 11.8 Å². The SMILES string of the molecule is O=C(CNC(=O)c1cc2cccc(F)c2[nH]1)NC(C[C@@H]1CCNC1=O)C(=O)CO. The smallest absolute Gasteiger partial charge is 0.268 e. The highest BCUT2D eigenvalue weighted by molar-refractivity contribution is 6.00. The van der Waals surface area contributed by atoms with Crippen molar-refractivity contribution in [2.24, 2.45) is 5.92 Å². The van der Waals surface area contributed by atoms with Crippen LogP contribution >= 0.6 is 0 Å². The molecule has 1 aliphatic rings. The van der Waals surface area contributed by atoms with Crippen molar-refractivity contribution in [2.75, 3.05) is 19.7 Å². The van der Waals surface area contributed by atoms with Crippen LogP contribution in [0, 0.1) is 11.7 Å². The van der Waals surface area contributed by atoms with Crippen molar-refractivity contribution in [1.29, 1.82) is 0 Å². The molecule has 0 radical (unpaired) electrons. The zero-order chi connectivity index (χ0) is 21.0. The molecule has 5 N–H and O–H groups in total. The number of aromatic nitrogens is 1. The van der Waals surface area contributed by atoms with Gasteiger partial charge in [0.25, 0.3) is 5.91 Å². The lowest BCUT2D eigenvalue weighted by Crippen LogP contribution is -2.47. The predicted octanol–water partition coefficient (Wildman–Crippen LogP) is -0.391. The predicted molar refractivity (Wildman–Crippen MR) is 100 cm³/mol. The van der Waals surface area contributed by atoms with E-state index in [0.717, 1.165) is 0 Å². The average molecular weight is 404 g/mol. The number of amides is 3. The Labute approximate surface area is 165 Å². The Morgan fingerprint density at radius 1 is 1.31 bits per heavy atom. The van der Waals surface area contributed by atoms with Gasteiger partial charge in [-0.2, -0.15) is 0 Å². The number of hydrogen-bond donors (Lipinski definition) is 5. The first-order valence-corrected chi connectivity index (χ1v) is 9.15. The van der Waals surface area contributed by atoms with Crippen LogP contribution in [0.3, 0.4) is 0 Å². The van der Waals surface area contributed by atoms with E-state index in [2.05, 4.69) is 20.9 Å². The Bertz CT molecular complexity index is 957. The zero-order valence-electron chi connectivity index (χ0n) is 15.5. The third-order valence-electron chi connectivity index (χ3n) is 4.82. The van der Waals surface area contributed by atoms with Gasteiger partial charge in [-0.05, 0) is 25.0 Å². The molecule has 1 saturated heterocycles. The number of carbonyl (C=O) groups is 4. The Balaban J connectivity index is 1.57. The quantitative estimate of drug-likeness (QED) is 0.408. The van der Waals surface area contributed by atoms with Crippen LogP contribution in [-0.2, 0) is 14.4 Å². The molecular formula is C19H21FN4O5. The number of aliphatic hydroxyl groups excluding tert-OH is 1. The van der Waals surface area contributed by atoms with Gasteiger partial charge in [-0.1, -0.05) is 12.1 Å². The van der Waals surface area contributed by atoms with Gasteiger partial charge in [0.15, 0.2) is 5.78 Å². The van der Waals surface area contributed by atoms with Crippen molar-refractivity contribution < 1.29 is 28.7 Å². The molecule has 0 aliphatic carbocycles. The van der Waals surface area contributed by atoms with Crippen molar-refractivity contribution >= 4 is 34.4 Å². The number of fused-ring (bicyclic) bond motifs is 1. The molecule has 1 aromatic carbocycles. The second-order valence-electron chi connectivity index (χ2n) is 6.83. The fourth-order valence-corrected chi connectivity index (χ4v) is 3.28. The van der Waals surface area contributed by atoms with Gasteiger partial charge >= 0.3 is 0 Å². The Hall–Kier alpha value is -3.27. The maximum atomic E-state index is 13.7. The van der Waals surface area contributed by atoms with Gasteiger partial charge in [-0.25, -0.2) is 4.39 Å². The summed E-state index contributed by atoms with van der Waals surface area (Å²) >= 11 is 0. The first-order chi connectivity index (χ1) is 13.9. The second-order valence-corrected chi connectivity index (χ2v) is 6.83. The van der Waals surface area contributed by atoms with Crippen molar-refractivity contribution in [3.8, 4) is 0 Å². The number of ketones is 1. The summed E-state index contributed by atoms with van der Waals surface area (Å²) in [6, 6.07) is 4.85.